The second kappa shape index (κ2) is 14.2. The van der Waals surface area contributed by atoms with Gasteiger partial charge in [0, 0.05) is 45.6 Å². The molecule has 136 valence electrons. The number of rotatable bonds is 9. The van der Waals surface area contributed by atoms with Crippen molar-refractivity contribution in [1.29, 1.82) is 0 Å². The second-order valence-corrected chi connectivity index (χ2v) is 6.85. The first-order valence-electron chi connectivity index (χ1n) is 8.05. The lowest BCUT2D eigenvalue weighted by Gasteiger charge is -2.16. The van der Waals surface area contributed by atoms with E-state index in [2.05, 4.69) is 15.6 Å². The van der Waals surface area contributed by atoms with E-state index in [1.807, 2.05) is 18.7 Å². The summed E-state index contributed by atoms with van der Waals surface area (Å²) in [4.78, 5) is 17.6. The fourth-order valence-corrected chi connectivity index (χ4v) is 3.20. The van der Waals surface area contributed by atoms with Gasteiger partial charge in [0.2, 0.25) is 5.91 Å². The number of carbonyl (C=O) groups is 1. The third kappa shape index (κ3) is 11.0. The first-order valence-corrected chi connectivity index (χ1v) is 9.10. The van der Waals surface area contributed by atoms with Crippen LogP contribution in [0.2, 0.25) is 0 Å². The van der Waals surface area contributed by atoms with Crippen LogP contribution in [0.5, 0.6) is 0 Å². The highest BCUT2D eigenvalue weighted by Gasteiger charge is 2.15. The van der Waals surface area contributed by atoms with E-state index in [4.69, 9.17) is 4.74 Å². The monoisotopic (exact) mass is 458 g/mol. The number of nitrogens with zero attached hydrogens (tertiary/aromatic N) is 2. The lowest BCUT2D eigenvalue weighted by molar-refractivity contribution is -0.127. The van der Waals surface area contributed by atoms with E-state index in [0.717, 1.165) is 38.7 Å². The molecule has 1 saturated heterocycles. The minimum absolute atomic E-state index is 0. The summed E-state index contributed by atoms with van der Waals surface area (Å²) in [5, 5.41) is 7.28. The Balaban J connectivity index is 0.00000484. The van der Waals surface area contributed by atoms with Gasteiger partial charge in [-0.15, -0.1) is 24.0 Å². The first-order chi connectivity index (χ1) is 10.6. The largest absolute Gasteiger partial charge is 0.382 e. The molecule has 1 heterocycles. The quantitative estimate of drug-likeness (QED) is 0.238. The Labute approximate surface area is 161 Å². The van der Waals surface area contributed by atoms with Gasteiger partial charge in [0.05, 0.1) is 0 Å². The van der Waals surface area contributed by atoms with Crippen molar-refractivity contribution in [1.82, 2.24) is 15.5 Å². The summed E-state index contributed by atoms with van der Waals surface area (Å²) in [6.45, 7) is 5.35. The molecule has 0 aliphatic carbocycles. The van der Waals surface area contributed by atoms with Crippen LogP contribution in [0.15, 0.2) is 4.99 Å². The van der Waals surface area contributed by atoms with Crippen molar-refractivity contribution in [3.05, 3.63) is 0 Å². The highest BCUT2D eigenvalue weighted by atomic mass is 127. The zero-order valence-electron chi connectivity index (χ0n) is 14.5. The van der Waals surface area contributed by atoms with Crippen LogP contribution in [0.3, 0.4) is 0 Å². The number of ether oxygens (including phenoxy) is 1. The smallest absolute Gasteiger partial charge is 0.243 e. The van der Waals surface area contributed by atoms with E-state index in [-0.39, 0.29) is 36.4 Å². The Kier molecular flexibility index (Phi) is 14.0. The van der Waals surface area contributed by atoms with E-state index in [1.54, 1.807) is 19.0 Å². The van der Waals surface area contributed by atoms with E-state index >= 15 is 0 Å². The molecule has 1 amide bonds. The summed E-state index contributed by atoms with van der Waals surface area (Å²) in [7, 11) is 3.49. The van der Waals surface area contributed by atoms with Crippen molar-refractivity contribution >= 4 is 47.6 Å². The molecule has 0 aromatic heterocycles. The Morgan fingerprint density at radius 3 is 2.78 bits per heavy atom. The summed E-state index contributed by atoms with van der Waals surface area (Å²) < 4.78 is 5.32. The summed E-state index contributed by atoms with van der Waals surface area (Å²) in [5.74, 6) is 1.98. The van der Waals surface area contributed by atoms with Crippen molar-refractivity contribution in [2.24, 2.45) is 4.99 Å². The Morgan fingerprint density at radius 1 is 1.39 bits per heavy atom. The van der Waals surface area contributed by atoms with E-state index in [9.17, 15) is 4.79 Å². The average molecular weight is 458 g/mol. The van der Waals surface area contributed by atoms with Gasteiger partial charge in [-0.3, -0.25) is 4.79 Å². The molecular weight excluding hydrogens is 427 g/mol. The molecule has 8 heteroatoms. The van der Waals surface area contributed by atoms with Gasteiger partial charge < -0.3 is 20.3 Å². The predicted octanol–water partition coefficient (Wildman–Crippen LogP) is 1.55. The maximum Gasteiger partial charge on any atom is 0.243 e. The molecule has 0 bridgehead atoms. The zero-order chi connectivity index (χ0) is 16.2. The van der Waals surface area contributed by atoms with Crippen LogP contribution in [-0.4, -0.2) is 74.7 Å². The van der Waals surface area contributed by atoms with Crippen molar-refractivity contribution in [3.63, 3.8) is 0 Å². The van der Waals surface area contributed by atoms with E-state index in [0.29, 0.717) is 5.25 Å². The number of nitrogens with one attached hydrogen (secondary N) is 2. The third-order valence-electron chi connectivity index (χ3n) is 3.35. The second-order valence-electron chi connectivity index (χ2n) is 5.45. The number of amides is 1. The van der Waals surface area contributed by atoms with Crippen LogP contribution in [0.25, 0.3) is 0 Å². The minimum Gasteiger partial charge on any atom is -0.382 e. The number of halogens is 1. The lowest BCUT2D eigenvalue weighted by Crippen LogP contribution is -2.41. The predicted molar refractivity (Wildman–Crippen MR) is 109 cm³/mol. The van der Waals surface area contributed by atoms with Crippen molar-refractivity contribution in [2.75, 3.05) is 52.7 Å². The summed E-state index contributed by atoms with van der Waals surface area (Å²) >= 11 is 2.01. The van der Waals surface area contributed by atoms with Crippen molar-refractivity contribution in [3.8, 4) is 0 Å². The first kappa shape index (κ1) is 22.8. The zero-order valence-corrected chi connectivity index (χ0v) is 17.6. The number of hydrogen-bond acceptors (Lipinski definition) is 4. The van der Waals surface area contributed by atoms with Crippen LogP contribution in [0.4, 0.5) is 0 Å². The molecular formula is C15H31IN4O2S. The van der Waals surface area contributed by atoms with Crippen LogP contribution >= 0.6 is 35.7 Å². The summed E-state index contributed by atoms with van der Waals surface area (Å²) in [5.41, 5.74) is 0. The molecule has 1 unspecified atom stereocenters. The lowest BCUT2D eigenvalue weighted by atomic mass is 10.2. The minimum atomic E-state index is 0. The molecule has 0 radical (unpaired) electrons. The standard InChI is InChI=1S/C15H30N4O2S.HI/c1-4-21-9-6-8-16-15(18-12-14(20)19(2)3)17-11-13-7-5-10-22-13;/h13H,4-12H2,1-3H3,(H2,16,17,18);1H. The van der Waals surface area contributed by atoms with Gasteiger partial charge in [0.1, 0.15) is 6.54 Å². The van der Waals surface area contributed by atoms with Gasteiger partial charge in [0.15, 0.2) is 5.96 Å². The third-order valence-corrected chi connectivity index (χ3v) is 4.75. The molecule has 1 aliphatic rings. The molecule has 6 nitrogen and oxygen atoms in total. The molecule has 0 aromatic rings. The van der Waals surface area contributed by atoms with E-state index < -0.39 is 0 Å². The molecule has 0 aromatic carbocycles. The number of carbonyl (C=O) groups excluding carboxylic acids is 1. The van der Waals surface area contributed by atoms with Gasteiger partial charge in [-0.1, -0.05) is 0 Å². The van der Waals surface area contributed by atoms with Gasteiger partial charge >= 0.3 is 0 Å². The van der Waals surface area contributed by atoms with Gasteiger partial charge in [0.25, 0.3) is 0 Å². The number of aliphatic imine (C=N–C) groups is 1. The maximum atomic E-state index is 11.7. The molecule has 0 saturated carbocycles. The van der Waals surface area contributed by atoms with Crippen LogP contribution in [-0.2, 0) is 9.53 Å². The molecule has 1 fully saturated rings. The Bertz CT molecular complexity index is 350. The van der Waals surface area contributed by atoms with Gasteiger partial charge in [-0.05, 0) is 31.9 Å². The molecule has 23 heavy (non-hydrogen) atoms. The van der Waals surface area contributed by atoms with Crippen molar-refractivity contribution < 1.29 is 9.53 Å². The number of thioether (sulfide) groups is 1. The normalized spacial score (nSPS) is 17.5. The number of hydrogen-bond donors (Lipinski definition) is 2. The summed E-state index contributed by atoms with van der Waals surface area (Å²) in [6, 6.07) is 0. The van der Waals surface area contributed by atoms with E-state index in [1.165, 1.54) is 18.6 Å². The Hall–Kier alpha value is -0.220. The Morgan fingerprint density at radius 2 is 2.17 bits per heavy atom. The topological polar surface area (TPSA) is 66.0 Å². The van der Waals surface area contributed by atoms with Gasteiger partial charge in [-0.2, -0.15) is 11.8 Å². The van der Waals surface area contributed by atoms with Crippen molar-refractivity contribution in [2.45, 2.75) is 31.4 Å². The number of likely N-dealkylation sites (N-methyl/N-ethyl adjacent to an activating group) is 1. The van der Waals surface area contributed by atoms with Crippen LogP contribution in [0.1, 0.15) is 26.2 Å². The average Bonchev–Trinajstić information content (AvgIpc) is 3.01. The molecule has 1 aliphatic heterocycles. The summed E-state index contributed by atoms with van der Waals surface area (Å²) in [6.07, 6.45) is 3.48. The van der Waals surface area contributed by atoms with Gasteiger partial charge in [-0.25, -0.2) is 4.99 Å². The SMILES string of the molecule is CCOCCCNC(=NCC(=O)N(C)C)NCC1CCCS1.I. The molecule has 1 atom stereocenters. The highest BCUT2D eigenvalue weighted by Crippen LogP contribution is 2.25. The molecule has 2 N–H and O–H groups in total. The molecule has 0 spiro atoms. The maximum absolute atomic E-state index is 11.7. The highest BCUT2D eigenvalue weighted by molar-refractivity contribution is 14.0. The fourth-order valence-electron chi connectivity index (χ4n) is 2.00. The molecule has 1 rings (SSSR count). The number of guanidine groups is 1. The fraction of sp³-hybridized carbons (Fsp3) is 0.867. The van der Waals surface area contributed by atoms with Crippen LogP contribution < -0.4 is 10.6 Å². The van der Waals surface area contributed by atoms with Crippen LogP contribution in [0, 0.1) is 0 Å².